The first-order valence-corrected chi connectivity index (χ1v) is 6.91. The summed E-state index contributed by atoms with van der Waals surface area (Å²) < 4.78 is 35.3. The van der Waals surface area contributed by atoms with Crippen LogP contribution in [0.2, 0.25) is 0 Å². The number of anilines is 2. The Labute approximate surface area is 117 Å². The Morgan fingerprint density at radius 2 is 2.05 bits per heavy atom. The summed E-state index contributed by atoms with van der Waals surface area (Å²) >= 11 is 0. The van der Waals surface area contributed by atoms with E-state index in [1.807, 2.05) is 39.2 Å². The molecule has 10 heteroatoms. The van der Waals surface area contributed by atoms with Crippen molar-refractivity contribution in [2.45, 2.75) is 6.92 Å². The molecule has 0 bridgehead atoms. The van der Waals surface area contributed by atoms with Crippen LogP contribution in [0.1, 0.15) is 5.69 Å². The third-order valence-electron chi connectivity index (χ3n) is 2.45. The summed E-state index contributed by atoms with van der Waals surface area (Å²) in [4.78, 5) is 16.2. The number of rotatable bonds is 1. The van der Waals surface area contributed by atoms with E-state index in [9.17, 15) is 3.89 Å². The molecule has 1 aromatic rings. The molecule has 1 aliphatic heterocycles. The molecule has 0 unspecified atom stereocenters. The van der Waals surface area contributed by atoms with Crippen molar-refractivity contribution < 1.29 is 21.8 Å². The Bertz CT molecular complexity index is 610. The monoisotopic (exact) mass is 305 g/mol. The molecule has 20 heavy (non-hydrogen) atoms. The Morgan fingerprint density at radius 3 is 2.55 bits per heavy atom. The second-order valence-electron chi connectivity index (χ2n) is 4.32. The standard InChI is InChI=1S/C10H15N5.FHO3S/c1-7-8-9(15(4)6-5-11-8)13-10(12-7)14(2)3;1-5(2,3)4/h5H,6H2,1-4H3;(H,2,3,4). The summed E-state index contributed by atoms with van der Waals surface area (Å²) in [7, 11) is 0.562. The molecule has 0 aliphatic carbocycles. The molecule has 8 nitrogen and oxygen atoms in total. The van der Waals surface area contributed by atoms with Gasteiger partial charge in [-0.05, 0) is 6.92 Å². The van der Waals surface area contributed by atoms with Crippen LogP contribution in [0.3, 0.4) is 0 Å². The van der Waals surface area contributed by atoms with Gasteiger partial charge in [-0.2, -0.15) is 0 Å². The van der Waals surface area contributed by atoms with E-state index in [2.05, 4.69) is 19.9 Å². The van der Waals surface area contributed by atoms with Crippen LogP contribution in [-0.4, -0.2) is 51.9 Å². The zero-order valence-electron chi connectivity index (χ0n) is 11.6. The number of aliphatic imine (C=N–C) groups is 1. The molecule has 1 N–H and O–H groups in total. The zero-order chi connectivity index (χ0) is 15.5. The minimum absolute atomic E-state index is 0.833. The molecule has 1 aliphatic rings. The maximum atomic E-state index is 10.1. The van der Waals surface area contributed by atoms with E-state index in [4.69, 9.17) is 13.0 Å². The van der Waals surface area contributed by atoms with Gasteiger partial charge in [0, 0.05) is 27.4 Å². The Morgan fingerprint density at radius 1 is 1.50 bits per heavy atom. The molecular formula is C10H16FN5O3S. The molecule has 0 saturated carbocycles. The minimum atomic E-state index is -5.42. The molecule has 0 fully saturated rings. The van der Waals surface area contributed by atoms with Gasteiger partial charge in [-0.15, -0.1) is 8.87 Å². The van der Waals surface area contributed by atoms with Crippen LogP contribution < -0.4 is 14.8 Å². The predicted molar refractivity (Wildman–Crippen MR) is 72.1 cm³/mol. The number of hydrogen-bond donors (Lipinski definition) is 0. The topological polar surface area (TPSA) is 103 Å². The average Bonchev–Trinajstić information content (AvgIpc) is 2.28. The SMILES string of the molecule is Cc1nc(N(C)C)[nH+]c2c1N=CCN2C.O=S(=O)([O-])F. The van der Waals surface area contributed by atoms with Crippen LogP contribution in [0.4, 0.5) is 21.3 Å². The van der Waals surface area contributed by atoms with Crippen molar-refractivity contribution in [3.8, 4) is 0 Å². The molecule has 0 radical (unpaired) electrons. The summed E-state index contributed by atoms with van der Waals surface area (Å²) in [5.41, 5.74) is 1.89. The van der Waals surface area contributed by atoms with Crippen molar-refractivity contribution in [2.24, 2.45) is 4.99 Å². The first kappa shape index (κ1) is 16.2. The third kappa shape index (κ3) is 4.70. The maximum absolute atomic E-state index is 10.1. The van der Waals surface area contributed by atoms with Crippen molar-refractivity contribution in [3.05, 3.63) is 5.69 Å². The Hall–Kier alpha value is -1.81. The average molecular weight is 305 g/mol. The highest BCUT2D eigenvalue weighted by Gasteiger charge is 2.22. The lowest BCUT2D eigenvalue weighted by atomic mass is 10.3. The van der Waals surface area contributed by atoms with Crippen LogP contribution in [0.5, 0.6) is 0 Å². The van der Waals surface area contributed by atoms with Gasteiger partial charge in [-0.3, -0.25) is 4.90 Å². The van der Waals surface area contributed by atoms with Gasteiger partial charge >= 0.3 is 5.95 Å². The highest BCUT2D eigenvalue weighted by Crippen LogP contribution is 2.28. The molecule has 0 amide bonds. The van der Waals surface area contributed by atoms with Gasteiger partial charge < -0.3 is 9.45 Å². The smallest absolute Gasteiger partial charge is 0.347 e. The summed E-state index contributed by atoms with van der Waals surface area (Å²) in [6.07, 6.45) is 1.90. The number of aryl methyl sites for hydroxylation is 1. The normalized spacial score (nSPS) is 13.4. The van der Waals surface area contributed by atoms with E-state index in [-0.39, 0.29) is 0 Å². The largest absolute Gasteiger partial charge is 0.722 e. The zero-order valence-corrected chi connectivity index (χ0v) is 12.4. The Balaban J connectivity index is 0.000000347. The molecular weight excluding hydrogens is 289 g/mol. The number of fused-ring (bicyclic) bond motifs is 1. The third-order valence-corrected chi connectivity index (χ3v) is 2.45. The number of aromatic amines is 1. The second kappa shape index (κ2) is 6.09. The number of halogens is 1. The van der Waals surface area contributed by atoms with Gasteiger partial charge in [0.1, 0.15) is 5.69 Å². The van der Waals surface area contributed by atoms with Gasteiger partial charge in [0.15, 0.2) is 5.69 Å². The summed E-state index contributed by atoms with van der Waals surface area (Å²) in [5, 5.41) is 0. The van der Waals surface area contributed by atoms with E-state index in [1.165, 1.54) is 0 Å². The maximum Gasteiger partial charge on any atom is 0.347 e. The molecule has 1 aromatic heterocycles. The van der Waals surface area contributed by atoms with Gasteiger partial charge in [0.25, 0.3) is 10.5 Å². The fourth-order valence-electron chi connectivity index (χ4n) is 1.56. The second-order valence-corrected chi connectivity index (χ2v) is 5.11. The lowest BCUT2D eigenvalue weighted by molar-refractivity contribution is -0.353. The van der Waals surface area contributed by atoms with Crippen LogP contribution in [-0.2, 0) is 10.5 Å². The molecule has 0 spiro atoms. The molecule has 2 rings (SSSR count). The van der Waals surface area contributed by atoms with Crippen molar-refractivity contribution in [1.29, 1.82) is 0 Å². The van der Waals surface area contributed by atoms with E-state index in [1.54, 1.807) is 0 Å². The minimum Gasteiger partial charge on any atom is -0.722 e. The quantitative estimate of drug-likeness (QED) is 0.527. The van der Waals surface area contributed by atoms with E-state index >= 15 is 0 Å². The van der Waals surface area contributed by atoms with Crippen molar-refractivity contribution >= 4 is 34.2 Å². The Kier molecular flexibility index (Phi) is 4.95. The summed E-state index contributed by atoms with van der Waals surface area (Å²) in [6, 6.07) is 0. The molecule has 112 valence electrons. The first-order chi connectivity index (χ1) is 9.09. The van der Waals surface area contributed by atoms with Gasteiger partial charge in [-0.1, -0.05) is 0 Å². The molecule has 0 saturated heterocycles. The summed E-state index contributed by atoms with van der Waals surface area (Å²) in [6.45, 7) is 2.82. The van der Waals surface area contributed by atoms with Crippen LogP contribution >= 0.6 is 0 Å². The van der Waals surface area contributed by atoms with E-state index < -0.39 is 10.5 Å². The van der Waals surface area contributed by atoms with E-state index in [0.29, 0.717) is 0 Å². The van der Waals surface area contributed by atoms with Crippen molar-refractivity contribution in [3.63, 3.8) is 0 Å². The fourth-order valence-corrected chi connectivity index (χ4v) is 1.56. The van der Waals surface area contributed by atoms with Crippen LogP contribution in [0.25, 0.3) is 0 Å². The van der Waals surface area contributed by atoms with E-state index in [0.717, 1.165) is 29.7 Å². The lowest BCUT2D eigenvalue weighted by Crippen LogP contribution is -2.33. The van der Waals surface area contributed by atoms with Gasteiger partial charge in [-0.25, -0.2) is 18.4 Å². The number of nitrogens with one attached hydrogen (secondary N) is 1. The van der Waals surface area contributed by atoms with Crippen LogP contribution in [0.15, 0.2) is 4.99 Å². The van der Waals surface area contributed by atoms with Crippen molar-refractivity contribution in [1.82, 2.24) is 4.98 Å². The fraction of sp³-hybridized carbons (Fsp3) is 0.500. The highest BCUT2D eigenvalue weighted by molar-refractivity contribution is 7.80. The van der Waals surface area contributed by atoms with Gasteiger partial charge in [0.05, 0.1) is 6.54 Å². The molecule has 2 heterocycles. The number of aromatic nitrogens is 2. The predicted octanol–water partition coefficient (Wildman–Crippen LogP) is -0.162. The van der Waals surface area contributed by atoms with Crippen LogP contribution in [0, 0.1) is 6.92 Å². The summed E-state index contributed by atoms with van der Waals surface area (Å²) in [5.74, 6) is 1.89. The number of hydrogen-bond acceptors (Lipinski definition) is 7. The highest BCUT2D eigenvalue weighted by atomic mass is 32.3. The van der Waals surface area contributed by atoms with Gasteiger partial charge in [0.2, 0.25) is 5.82 Å². The number of H-pyrrole nitrogens is 1. The first-order valence-electron chi connectivity index (χ1n) is 5.60. The van der Waals surface area contributed by atoms with Crippen molar-refractivity contribution in [2.75, 3.05) is 37.5 Å². The molecule has 0 atom stereocenters. The number of nitrogens with zero attached hydrogens (tertiary/aromatic N) is 4. The lowest BCUT2D eigenvalue weighted by Gasteiger charge is -2.19. The molecule has 0 aromatic carbocycles.